The highest BCUT2D eigenvalue weighted by atomic mass is 16.6. The highest BCUT2D eigenvalue weighted by Crippen LogP contribution is 2.16. The van der Waals surface area contributed by atoms with Gasteiger partial charge in [-0.3, -0.25) is 14.4 Å². The van der Waals surface area contributed by atoms with Gasteiger partial charge >= 0.3 is 17.9 Å². The fourth-order valence-corrected chi connectivity index (χ4v) is 8.48. The summed E-state index contributed by atoms with van der Waals surface area (Å²) in [7, 11) is 0. The van der Waals surface area contributed by atoms with Crippen molar-refractivity contribution in [3.63, 3.8) is 0 Å². The number of rotatable bonds is 56. The molecule has 0 rings (SSSR count). The number of ether oxygens (including phenoxy) is 3. The highest BCUT2D eigenvalue weighted by molar-refractivity contribution is 5.71. The third-order valence-corrected chi connectivity index (χ3v) is 13.2. The lowest BCUT2D eigenvalue weighted by molar-refractivity contribution is -0.167. The van der Waals surface area contributed by atoms with Crippen LogP contribution in [0, 0.1) is 0 Å². The van der Waals surface area contributed by atoms with Gasteiger partial charge in [0.05, 0.1) is 0 Å². The standard InChI is InChI=1S/C71H116O6/c1-4-7-10-13-16-19-22-25-28-31-33-34-35-36-38-40-43-46-49-52-55-58-61-64-70(73)76-67-68(66-75-69(72)63-60-57-54-51-48-45-42-39-30-27-24-21-18-15-12-9-6-3)77-71(74)65-62-59-56-53-50-47-44-41-37-32-29-26-23-20-17-14-11-8-5-2/h7-8,10-11,16-17,19-20,25-26,28-29,33-34,36-38,41,43,46,52,55,68H,4-6,9,12-15,18,21-24,27,30-32,35,39-40,42,44-45,47-51,53-54,56-67H2,1-3H3/b10-7-,11-8-,19-16-,20-17-,28-25-,29-26-,34-33-,38-36-,41-37-,46-43-,55-52-. The lowest BCUT2D eigenvalue weighted by Gasteiger charge is -2.18. The molecule has 6 heteroatoms. The second kappa shape index (κ2) is 64.1. The first kappa shape index (κ1) is 72.5. The van der Waals surface area contributed by atoms with Gasteiger partial charge in [-0.1, -0.05) is 283 Å². The highest BCUT2D eigenvalue weighted by Gasteiger charge is 2.19. The van der Waals surface area contributed by atoms with E-state index in [9.17, 15) is 14.4 Å². The van der Waals surface area contributed by atoms with Crippen LogP contribution in [0.1, 0.15) is 278 Å². The Bertz CT molecular complexity index is 1650. The summed E-state index contributed by atoms with van der Waals surface area (Å²) < 4.78 is 16.9. The van der Waals surface area contributed by atoms with Crippen LogP contribution in [0.5, 0.6) is 0 Å². The Morgan fingerprint density at radius 1 is 0.273 bits per heavy atom. The van der Waals surface area contributed by atoms with Gasteiger partial charge in [-0.2, -0.15) is 0 Å². The molecule has 0 amide bonds. The predicted octanol–water partition coefficient (Wildman–Crippen LogP) is 21.8. The van der Waals surface area contributed by atoms with E-state index >= 15 is 0 Å². The van der Waals surface area contributed by atoms with Crippen LogP contribution in [-0.2, 0) is 28.6 Å². The Morgan fingerprint density at radius 3 is 0.844 bits per heavy atom. The van der Waals surface area contributed by atoms with Gasteiger partial charge in [0.2, 0.25) is 0 Å². The molecular weight excluding hydrogens is 949 g/mol. The maximum absolute atomic E-state index is 12.9. The van der Waals surface area contributed by atoms with E-state index in [1.165, 1.54) is 103 Å². The van der Waals surface area contributed by atoms with Gasteiger partial charge in [0.1, 0.15) is 13.2 Å². The summed E-state index contributed by atoms with van der Waals surface area (Å²) >= 11 is 0. The summed E-state index contributed by atoms with van der Waals surface area (Å²) in [5.41, 5.74) is 0. The van der Waals surface area contributed by atoms with E-state index in [-0.39, 0.29) is 37.5 Å². The van der Waals surface area contributed by atoms with E-state index in [0.717, 1.165) is 128 Å². The largest absolute Gasteiger partial charge is 0.462 e. The third kappa shape index (κ3) is 62.3. The Hall–Kier alpha value is -4.45. The van der Waals surface area contributed by atoms with Gasteiger partial charge in [-0.05, 0) is 109 Å². The summed E-state index contributed by atoms with van der Waals surface area (Å²) in [5.74, 6) is -0.976. The molecular formula is C71H116O6. The second-order valence-corrected chi connectivity index (χ2v) is 20.6. The number of carbonyl (C=O) groups is 3. The first-order chi connectivity index (χ1) is 38.0. The SMILES string of the molecule is CC/C=C\C/C=C\C/C=C\C/C=C\C/C=C\C/C=C\C/C=C\CCCC(=O)OCC(COC(=O)CCCCCCCCCCCCCCCCCCC)OC(=O)CCCCCCCC/C=C\C/C=C\C/C=C\C/C=C\CC. The van der Waals surface area contributed by atoms with Crippen LogP contribution < -0.4 is 0 Å². The topological polar surface area (TPSA) is 78.9 Å². The molecule has 1 atom stereocenters. The Labute approximate surface area is 475 Å². The summed E-state index contributed by atoms with van der Waals surface area (Å²) in [5, 5.41) is 0. The average molecular weight is 1070 g/mol. The van der Waals surface area contributed by atoms with Crippen LogP contribution in [-0.4, -0.2) is 37.2 Å². The number of allylic oxidation sites excluding steroid dienone is 22. The lowest BCUT2D eigenvalue weighted by atomic mass is 10.0. The van der Waals surface area contributed by atoms with E-state index in [1.807, 2.05) is 0 Å². The number of carbonyl (C=O) groups excluding carboxylic acids is 3. The monoisotopic (exact) mass is 1060 g/mol. The third-order valence-electron chi connectivity index (χ3n) is 13.2. The normalized spacial score (nSPS) is 13.0. The molecule has 0 aromatic carbocycles. The first-order valence-electron chi connectivity index (χ1n) is 31.7. The summed E-state index contributed by atoms with van der Waals surface area (Å²) in [6.45, 7) is 6.37. The van der Waals surface area contributed by atoms with Gasteiger partial charge in [0.15, 0.2) is 6.10 Å². The smallest absolute Gasteiger partial charge is 0.306 e. The van der Waals surface area contributed by atoms with Gasteiger partial charge in [0, 0.05) is 19.3 Å². The van der Waals surface area contributed by atoms with Gasteiger partial charge in [0.25, 0.3) is 0 Å². The molecule has 436 valence electrons. The molecule has 0 aromatic heterocycles. The van der Waals surface area contributed by atoms with Gasteiger partial charge < -0.3 is 14.2 Å². The molecule has 6 nitrogen and oxygen atoms in total. The van der Waals surface area contributed by atoms with Crippen molar-refractivity contribution in [2.75, 3.05) is 13.2 Å². The maximum Gasteiger partial charge on any atom is 0.306 e. The van der Waals surface area contributed by atoms with Crippen molar-refractivity contribution in [2.24, 2.45) is 0 Å². The van der Waals surface area contributed by atoms with Crippen LogP contribution in [0.2, 0.25) is 0 Å². The minimum atomic E-state index is -0.814. The molecule has 0 bridgehead atoms. The van der Waals surface area contributed by atoms with E-state index in [0.29, 0.717) is 19.3 Å². The van der Waals surface area contributed by atoms with E-state index < -0.39 is 6.10 Å². The Balaban J connectivity index is 4.52. The zero-order chi connectivity index (χ0) is 55.7. The molecule has 0 N–H and O–H groups in total. The molecule has 0 aliphatic heterocycles. The zero-order valence-corrected chi connectivity index (χ0v) is 49.9. The van der Waals surface area contributed by atoms with E-state index in [4.69, 9.17) is 14.2 Å². The minimum absolute atomic E-state index is 0.104. The van der Waals surface area contributed by atoms with Crippen molar-refractivity contribution in [1.82, 2.24) is 0 Å². The molecule has 0 heterocycles. The average Bonchev–Trinajstić information content (AvgIpc) is 3.43. The summed E-state index contributed by atoms with van der Waals surface area (Å²) in [4.78, 5) is 38.3. The quantitative estimate of drug-likeness (QED) is 0.0261. The minimum Gasteiger partial charge on any atom is -0.462 e. The number of unbranched alkanes of at least 4 members (excludes halogenated alkanes) is 23. The van der Waals surface area contributed by atoms with Crippen LogP contribution in [0.3, 0.4) is 0 Å². The molecule has 0 fully saturated rings. The molecule has 0 aromatic rings. The fraction of sp³-hybridized carbons (Fsp3) is 0.648. The maximum atomic E-state index is 12.9. The fourth-order valence-electron chi connectivity index (χ4n) is 8.48. The first-order valence-corrected chi connectivity index (χ1v) is 31.7. The van der Waals surface area contributed by atoms with Crippen LogP contribution in [0.4, 0.5) is 0 Å². The summed E-state index contributed by atoms with van der Waals surface area (Å²) in [6.07, 6.45) is 90.2. The van der Waals surface area contributed by atoms with Crippen molar-refractivity contribution in [2.45, 2.75) is 284 Å². The molecule has 0 saturated carbocycles. The van der Waals surface area contributed by atoms with Gasteiger partial charge in [-0.25, -0.2) is 0 Å². The molecule has 0 aliphatic carbocycles. The Kier molecular flexibility index (Phi) is 60.4. The molecule has 0 aliphatic rings. The van der Waals surface area contributed by atoms with Crippen molar-refractivity contribution >= 4 is 17.9 Å². The van der Waals surface area contributed by atoms with Gasteiger partial charge in [-0.15, -0.1) is 0 Å². The van der Waals surface area contributed by atoms with Crippen molar-refractivity contribution in [1.29, 1.82) is 0 Å². The van der Waals surface area contributed by atoms with Crippen molar-refractivity contribution in [3.8, 4) is 0 Å². The van der Waals surface area contributed by atoms with Crippen LogP contribution >= 0.6 is 0 Å². The molecule has 77 heavy (non-hydrogen) atoms. The van der Waals surface area contributed by atoms with Crippen LogP contribution in [0.25, 0.3) is 0 Å². The second-order valence-electron chi connectivity index (χ2n) is 20.6. The molecule has 0 spiro atoms. The van der Waals surface area contributed by atoms with Crippen molar-refractivity contribution < 1.29 is 28.6 Å². The van der Waals surface area contributed by atoms with E-state index in [1.54, 1.807) is 0 Å². The van der Waals surface area contributed by atoms with Crippen molar-refractivity contribution in [3.05, 3.63) is 134 Å². The predicted molar refractivity (Wildman–Crippen MR) is 334 cm³/mol. The lowest BCUT2D eigenvalue weighted by Crippen LogP contribution is -2.30. The molecule has 1 unspecified atom stereocenters. The summed E-state index contributed by atoms with van der Waals surface area (Å²) in [6, 6.07) is 0. The van der Waals surface area contributed by atoms with E-state index in [2.05, 4.69) is 154 Å². The zero-order valence-electron chi connectivity index (χ0n) is 49.9. The number of esters is 3. The molecule has 0 radical (unpaired) electrons. The molecule has 0 saturated heterocycles. The number of hydrogen-bond donors (Lipinski definition) is 0. The van der Waals surface area contributed by atoms with Crippen LogP contribution in [0.15, 0.2) is 134 Å². The Morgan fingerprint density at radius 2 is 0.519 bits per heavy atom. The number of hydrogen-bond acceptors (Lipinski definition) is 6.